The summed E-state index contributed by atoms with van der Waals surface area (Å²) in [5.74, 6) is -2.74. The van der Waals surface area contributed by atoms with Crippen LogP contribution in [-0.4, -0.2) is 36.1 Å². The number of benzene rings is 1. The van der Waals surface area contributed by atoms with Gasteiger partial charge in [-0.1, -0.05) is 0 Å². The average molecular weight is 310 g/mol. The Hall–Kier alpha value is -2.57. The van der Waals surface area contributed by atoms with Crippen LogP contribution in [0.4, 0.5) is 4.39 Å². The number of carbonyl (C=O) groups is 2. The Balaban J connectivity index is 2.53. The number of cyclic esters (lactones) is 1. The zero-order chi connectivity index (χ0) is 16.3. The van der Waals surface area contributed by atoms with Crippen LogP contribution in [-0.2, 0) is 9.53 Å². The number of alkyl halides is 1. The third-order valence-corrected chi connectivity index (χ3v) is 2.78. The second-order valence-electron chi connectivity index (χ2n) is 4.96. The monoisotopic (exact) mass is 310 g/mol. The van der Waals surface area contributed by atoms with E-state index in [-0.39, 0.29) is 23.7 Å². The SMILES string of the molecule is CC1(C)OC(=O)c2c(OCCF)ccc(/C=C/C(=O)O)c2O1. The molecular formula is C15H15FO6. The molecule has 0 saturated carbocycles. The minimum Gasteiger partial charge on any atom is -0.490 e. The van der Waals surface area contributed by atoms with E-state index < -0.39 is 24.4 Å². The van der Waals surface area contributed by atoms with Crippen molar-refractivity contribution in [2.75, 3.05) is 13.3 Å². The second-order valence-corrected chi connectivity index (χ2v) is 4.96. The Kier molecular flexibility index (Phi) is 4.35. The second kappa shape index (κ2) is 6.05. The van der Waals surface area contributed by atoms with Crippen molar-refractivity contribution in [3.05, 3.63) is 29.3 Å². The van der Waals surface area contributed by atoms with Gasteiger partial charge in [0.25, 0.3) is 0 Å². The molecule has 6 nitrogen and oxygen atoms in total. The molecule has 0 aliphatic carbocycles. The van der Waals surface area contributed by atoms with Gasteiger partial charge >= 0.3 is 11.9 Å². The van der Waals surface area contributed by atoms with Crippen LogP contribution >= 0.6 is 0 Å². The molecule has 0 amide bonds. The minimum atomic E-state index is -1.20. The lowest BCUT2D eigenvalue weighted by Gasteiger charge is -2.33. The van der Waals surface area contributed by atoms with Crippen molar-refractivity contribution >= 4 is 18.0 Å². The first-order valence-corrected chi connectivity index (χ1v) is 6.53. The topological polar surface area (TPSA) is 82.1 Å². The average Bonchev–Trinajstić information content (AvgIpc) is 2.41. The standard InChI is InChI=1S/C15H15FO6/c1-15(2)21-13-9(4-6-11(17)18)3-5-10(20-8-7-16)12(13)14(19)22-15/h3-6H,7-8H2,1-2H3,(H,17,18)/b6-4+. The lowest BCUT2D eigenvalue weighted by Crippen LogP contribution is -2.39. The minimum absolute atomic E-state index is 0.0142. The van der Waals surface area contributed by atoms with Crippen molar-refractivity contribution in [1.82, 2.24) is 0 Å². The molecule has 1 heterocycles. The van der Waals surface area contributed by atoms with E-state index in [9.17, 15) is 14.0 Å². The number of carbonyl (C=O) groups excluding carboxylic acids is 1. The fourth-order valence-electron chi connectivity index (χ4n) is 1.99. The molecule has 0 spiro atoms. The van der Waals surface area contributed by atoms with E-state index in [1.54, 1.807) is 13.8 Å². The summed E-state index contributed by atoms with van der Waals surface area (Å²) in [6.45, 7) is 2.17. The lowest BCUT2D eigenvalue weighted by atomic mass is 10.0. The van der Waals surface area contributed by atoms with E-state index in [4.69, 9.17) is 19.3 Å². The molecule has 0 unspecified atom stereocenters. The number of hydrogen-bond donors (Lipinski definition) is 1. The number of carboxylic acids is 1. The molecule has 118 valence electrons. The molecule has 0 saturated heterocycles. The molecule has 22 heavy (non-hydrogen) atoms. The maximum absolute atomic E-state index is 12.3. The number of halogens is 1. The van der Waals surface area contributed by atoms with Crippen LogP contribution in [0.3, 0.4) is 0 Å². The maximum Gasteiger partial charge on any atom is 0.349 e. The molecule has 0 bridgehead atoms. The fraction of sp³-hybridized carbons (Fsp3) is 0.333. The number of carboxylic acid groups (broad SMARTS) is 1. The van der Waals surface area contributed by atoms with Crippen LogP contribution in [0.1, 0.15) is 29.8 Å². The summed E-state index contributed by atoms with van der Waals surface area (Å²) in [5.41, 5.74) is 0.398. The van der Waals surface area contributed by atoms with Gasteiger partial charge in [-0.25, -0.2) is 14.0 Å². The fourth-order valence-corrected chi connectivity index (χ4v) is 1.99. The van der Waals surface area contributed by atoms with Crippen molar-refractivity contribution in [1.29, 1.82) is 0 Å². The number of fused-ring (bicyclic) bond motifs is 1. The highest BCUT2D eigenvalue weighted by Crippen LogP contribution is 2.40. The largest absolute Gasteiger partial charge is 0.490 e. The quantitative estimate of drug-likeness (QED) is 0.664. The number of aliphatic carboxylic acids is 1. The van der Waals surface area contributed by atoms with E-state index in [0.717, 1.165) is 6.08 Å². The summed E-state index contributed by atoms with van der Waals surface area (Å²) in [5, 5.41) is 8.72. The molecule has 1 aromatic carbocycles. The zero-order valence-electron chi connectivity index (χ0n) is 12.1. The molecule has 1 aliphatic heterocycles. The highest BCUT2D eigenvalue weighted by Gasteiger charge is 2.37. The molecule has 1 aromatic rings. The van der Waals surface area contributed by atoms with Crippen molar-refractivity contribution in [3.63, 3.8) is 0 Å². The van der Waals surface area contributed by atoms with Crippen LogP contribution < -0.4 is 9.47 Å². The Morgan fingerprint density at radius 3 is 2.77 bits per heavy atom. The van der Waals surface area contributed by atoms with Crippen molar-refractivity contribution in [2.45, 2.75) is 19.6 Å². The predicted octanol–water partition coefficient (Wildman–Crippen LogP) is 2.42. The Morgan fingerprint density at radius 1 is 1.41 bits per heavy atom. The molecule has 1 N–H and O–H groups in total. The van der Waals surface area contributed by atoms with Gasteiger partial charge in [-0.15, -0.1) is 0 Å². The molecule has 0 aromatic heterocycles. The maximum atomic E-state index is 12.3. The van der Waals surface area contributed by atoms with Gasteiger partial charge in [0.05, 0.1) is 0 Å². The molecule has 1 aliphatic rings. The van der Waals surface area contributed by atoms with Gasteiger partial charge in [0.1, 0.15) is 30.3 Å². The Morgan fingerprint density at radius 2 is 2.14 bits per heavy atom. The lowest BCUT2D eigenvalue weighted by molar-refractivity contribution is -0.131. The van der Waals surface area contributed by atoms with Crippen molar-refractivity contribution in [2.24, 2.45) is 0 Å². The first-order chi connectivity index (χ1) is 10.3. The van der Waals surface area contributed by atoms with E-state index in [1.807, 2.05) is 0 Å². The molecule has 0 radical (unpaired) electrons. The Labute approximate surface area is 126 Å². The zero-order valence-corrected chi connectivity index (χ0v) is 12.1. The van der Waals surface area contributed by atoms with Gasteiger partial charge in [-0.2, -0.15) is 0 Å². The summed E-state index contributed by atoms with van der Waals surface area (Å²) in [6, 6.07) is 2.97. The van der Waals surface area contributed by atoms with Gasteiger partial charge in [0, 0.05) is 25.5 Å². The third-order valence-electron chi connectivity index (χ3n) is 2.78. The molecule has 7 heteroatoms. The molecule has 0 atom stereocenters. The van der Waals surface area contributed by atoms with Crippen molar-refractivity contribution < 1.29 is 33.3 Å². The van der Waals surface area contributed by atoms with Gasteiger partial charge in [-0.05, 0) is 18.2 Å². The van der Waals surface area contributed by atoms with Gasteiger partial charge < -0.3 is 19.3 Å². The normalized spacial score (nSPS) is 15.9. The summed E-state index contributed by atoms with van der Waals surface area (Å²) in [6.07, 6.45) is 2.22. The van der Waals surface area contributed by atoms with Crippen LogP contribution in [0, 0.1) is 0 Å². The molecule has 0 fully saturated rings. The summed E-state index contributed by atoms with van der Waals surface area (Å²) < 4.78 is 28.2. The van der Waals surface area contributed by atoms with Crippen LogP contribution in [0.5, 0.6) is 11.5 Å². The summed E-state index contributed by atoms with van der Waals surface area (Å²) in [4.78, 5) is 22.8. The highest BCUT2D eigenvalue weighted by atomic mass is 19.1. The van der Waals surface area contributed by atoms with E-state index in [2.05, 4.69) is 0 Å². The van der Waals surface area contributed by atoms with Gasteiger partial charge in [-0.3, -0.25) is 0 Å². The van der Waals surface area contributed by atoms with Crippen LogP contribution in [0.15, 0.2) is 18.2 Å². The van der Waals surface area contributed by atoms with Crippen LogP contribution in [0.2, 0.25) is 0 Å². The Bertz CT molecular complexity index is 635. The first kappa shape index (κ1) is 15.8. The summed E-state index contributed by atoms with van der Waals surface area (Å²) >= 11 is 0. The van der Waals surface area contributed by atoms with Gasteiger partial charge in [0.15, 0.2) is 0 Å². The van der Waals surface area contributed by atoms with Crippen molar-refractivity contribution in [3.8, 4) is 11.5 Å². The first-order valence-electron chi connectivity index (χ1n) is 6.53. The number of esters is 1. The van der Waals surface area contributed by atoms with E-state index >= 15 is 0 Å². The van der Waals surface area contributed by atoms with Crippen LogP contribution in [0.25, 0.3) is 6.08 Å². The number of rotatable bonds is 5. The number of ether oxygens (including phenoxy) is 3. The molecule has 2 rings (SSSR count). The highest BCUT2D eigenvalue weighted by molar-refractivity contribution is 5.98. The van der Waals surface area contributed by atoms with E-state index in [0.29, 0.717) is 5.56 Å². The number of hydrogen-bond acceptors (Lipinski definition) is 5. The van der Waals surface area contributed by atoms with Gasteiger partial charge in [0.2, 0.25) is 5.79 Å². The summed E-state index contributed by atoms with van der Waals surface area (Å²) in [7, 11) is 0. The van der Waals surface area contributed by atoms with E-state index in [1.165, 1.54) is 18.2 Å². The smallest absolute Gasteiger partial charge is 0.349 e. The third kappa shape index (κ3) is 3.36. The predicted molar refractivity (Wildman–Crippen MR) is 74.7 cm³/mol. The molecular weight excluding hydrogens is 295 g/mol.